The zero-order valence-electron chi connectivity index (χ0n) is 18.0. The van der Waals surface area contributed by atoms with Gasteiger partial charge in [-0.15, -0.1) is 0 Å². The maximum Gasteiger partial charge on any atom is 0.191 e. The van der Waals surface area contributed by atoms with E-state index < -0.39 is 0 Å². The van der Waals surface area contributed by atoms with Crippen LogP contribution in [-0.4, -0.2) is 52.6 Å². The van der Waals surface area contributed by atoms with Crippen LogP contribution in [0.3, 0.4) is 0 Å². The Kier molecular flexibility index (Phi) is 8.56. The van der Waals surface area contributed by atoms with Gasteiger partial charge in [-0.2, -0.15) is 0 Å². The van der Waals surface area contributed by atoms with Crippen LogP contribution in [0, 0.1) is 6.92 Å². The lowest BCUT2D eigenvalue weighted by Gasteiger charge is -2.23. The molecule has 0 spiro atoms. The van der Waals surface area contributed by atoms with E-state index in [4.69, 9.17) is 4.99 Å². The van der Waals surface area contributed by atoms with Crippen molar-refractivity contribution in [1.29, 1.82) is 0 Å². The Bertz CT molecular complexity index is 739. The van der Waals surface area contributed by atoms with Gasteiger partial charge in [0.2, 0.25) is 0 Å². The van der Waals surface area contributed by atoms with E-state index >= 15 is 0 Å². The number of aryl methyl sites for hydroxylation is 2. The SMILES string of the molecule is CCNC(=NCC1CCCN1Cc1ccccc1)NCCCCn1ccnc1C. The molecule has 1 saturated heterocycles. The van der Waals surface area contributed by atoms with Gasteiger partial charge in [0, 0.05) is 44.6 Å². The van der Waals surface area contributed by atoms with Gasteiger partial charge < -0.3 is 15.2 Å². The maximum atomic E-state index is 4.89. The van der Waals surface area contributed by atoms with E-state index in [1.54, 1.807) is 0 Å². The topological polar surface area (TPSA) is 57.5 Å². The molecule has 0 amide bonds. The predicted octanol–water partition coefficient (Wildman–Crippen LogP) is 3.19. The summed E-state index contributed by atoms with van der Waals surface area (Å²) in [6, 6.07) is 11.3. The van der Waals surface area contributed by atoms with Crippen LogP contribution in [0.5, 0.6) is 0 Å². The Morgan fingerprint density at radius 2 is 2.07 bits per heavy atom. The molecular formula is C23H36N6. The van der Waals surface area contributed by atoms with E-state index in [9.17, 15) is 0 Å². The Labute approximate surface area is 175 Å². The molecule has 0 radical (unpaired) electrons. The predicted molar refractivity (Wildman–Crippen MR) is 120 cm³/mol. The molecule has 1 atom stereocenters. The van der Waals surface area contributed by atoms with Crippen LogP contribution in [0.4, 0.5) is 0 Å². The molecular weight excluding hydrogens is 360 g/mol. The van der Waals surface area contributed by atoms with Crippen LogP contribution in [0.1, 0.15) is 44.0 Å². The standard InChI is InChI=1S/C23H36N6/c1-3-24-23(26-13-7-8-15-28-17-14-25-20(28)2)27-18-22-12-9-16-29(22)19-21-10-5-4-6-11-21/h4-6,10-11,14,17,22H,3,7-9,12-13,15-16,18-19H2,1-2H3,(H2,24,26,27). The first-order chi connectivity index (χ1) is 14.3. The van der Waals surface area contributed by atoms with Crippen molar-refractivity contribution >= 4 is 5.96 Å². The second-order valence-corrected chi connectivity index (χ2v) is 7.77. The summed E-state index contributed by atoms with van der Waals surface area (Å²) in [6.07, 6.45) is 8.68. The number of nitrogens with zero attached hydrogens (tertiary/aromatic N) is 4. The fourth-order valence-corrected chi connectivity index (χ4v) is 3.92. The first-order valence-corrected chi connectivity index (χ1v) is 11.0. The number of nitrogens with one attached hydrogen (secondary N) is 2. The van der Waals surface area contributed by atoms with E-state index in [0.29, 0.717) is 6.04 Å². The summed E-state index contributed by atoms with van der Waals surface area (Å²) < 4.78 is 2.21. The number of unbranched alkanes of at least 4 members (excludes halogenated alkanes) is 1. The van der Waals surface area contributed by atoms with Crippen molar-refractivity contribution in [3.8, 4) is 0 Å². The highest BCUT2D eigenvalue weighted by Crippen LogP contribution is 2.20. The maximum absolute atomic E-state index is 4.89. The summed E-state index contributed by atoms with van der Waals surface area (Å²) in [4.78, 5) is 11.7. The van der Waals surface area contributed by atoms with Crippen LogP contribution in [0.25, 0.3) is 0 Å². The van der Waals surface area contributed by atoms with Crippen molar-refractivity contribution in [2.75, 3.05) is 26.2 Å². The lowest BCUT2D eigenvalue weighted by molar-refractivity contribution is 0.250. The summed E-state index contributed by atoms with van der Waals surface area (Å²) in [5.74, 6) is 2.03. The molecule has 6 heteroatoms. The smallest absolute Gasteiger partial charge is 0.191 e. The van der Waals surface area contributed by atoms with Crippen LogP contribution in [0.15, 0.2) is 47.7 Å². The van der Waals surface area contributed by atoms with Gasteiger partial charge in [0.1, 0.15) is 5.82 Å². The van der Waals surface area contributed by atoms with Crippen molar-refractivity contribution in [2.45, 2.75) is 58.7 Å². The molecule has 6 nitrogen and oxygen atoms in total. The summed E-state index contributed by atoms with van der Waals surface area (Å²) in [7, 11) is 0. The molecule has 1 aliphatic heterocycles. The molecule has 3 rings (SSSR count). The van der Waals surface area contributed by atoms with Gasteiger partial charge in [0.05, 0.1) is 6.54 Å². The number of aromatic nitrogens is 2. The number of benzene rings is 1. The molecule has 29 heavy (non-hydrogen) atoms. The minimum Gasteiger partial charge on any atom is -0.357 e. The quantitative estimate of drug-likeness (QED) is 0.368. The molecule has 1 aliphatic rings. The van der Waals surface area contributed by atoms with Crippen LogP contribution >= 0.6 is 0 Å². The number of hydrogen-bond donors (Lipinski definition) is 2. The third-order valence-corrected chi connectivity index (χ3v) is 5.57. The number of hydrogen-bond acceptors (Lipinski definition) is 3. The summed E-state index contributed by atoms with van der Waals surface area (Å²) in [6.45, 7) is 10.1. The Morgan fingerprint density at radius 3 is 2.83 bits per heavy atom. The van der Waals surface area contributed by atoms with Gasteiger partial charge in [0.15, 0.2) is 5.96 Å². The highest BCUT2D eigenvalue weighted by molar-refractivity contribution is 5.79. The largest absolute Gasteiger partial charge is 0.357 e. The van der Waals surface area contributed by atoms with E-state index in [2.05, 4.69) is 75.5 Å². The Morgan fingerprint density at radius 1 is 1.21 bits per heavy atom. The van der Waals surface area contributed by atoms with Crippen molar-refractivity contribution in [3.05, 3.63) is 54.1 Å². The second kappa shape index (κ2) is 11.6. The van der Waals surface area contributed by atoms with E-state index in [1.165, 1.54) is 24.9 Å². The van der Waals surface area contributed by atoms with Crippen LogP contribution in [-0.2, 0) is 13.1 Å². The summed E-state index contributed by atoms with van der Waals surface area (Å²) >= 11 is 0. The average molecular weight is 397 g/mol. The Hall–Kier alpha value is -2.34. The van der Waals surface area contributed by atoms with E-state index in [1.807, 2.05) is 6.20 Å². The van der Waals surface area contributed by atoms with Crippen molar-refractivity contribution < 1.29 is 0 Å². The molecule has 1 aromatic heterocycles. The van der Waals surface area contributed by atoms with Crippen molar-refractivity contribution in [2.24, 2.45) is 4.99 Å². The molecule has 158 valence electrons. The first kappa shape index (κ1) is 21.4. The van der Waals surface area contributed by atoms with Crippen molar-refractivity contribution in [3.63, 3.8) is 0 Å². The van der Waals surface area contributed by atoms with Gasteiger partial charge in [-0.3, -0.25) is 9.89 Å². The van der Waals surface area contributed by atoms with Crippen LogP contribution < -0.4 is 10.6 Å². The van der Waals surface area contributed by atoms with Gasteiger partial charge in [0.25, 0.3) is 0 Å². The van der Waals surface area contributed by atoms with Gasteiger partial charge in [-0.1, -0.05) is 30.3 Å². The minimum atomic E-state index is 0.537. The molecule has 0 bridgehead atoms. The third kappa shape index (κ3) is 6.89. The fraction of sp³-hybridized carbons (Fsp3) is 0.565. The monoisotopic (exact) mass is 396 g/mol. The molecule has 2 N–H and O–H groups in total. The summed E-state index contributed by atoms with van der Waals surface area (Å²) in [5.41, 5.74) is 1.39. The lowest BCUT2D eigenvalue weighted by Crippen LogP contribution is -2.39. The van der Waals surface area contributed by atoms with Crippen LogP contribution in [0.2, 0.25) is 0 Å². The average Bonchev–Trinajstić information content (AvgIpc) is 3.35. The molecule has 2 aromatic rings. The zero-order valence-corrected chi connectivity index (χ0v) is 18.0. The third-order valence-electron chi connectivity index (χ3n) is 5.57. The fourth-order valence-electron chi connectivity index (χ4n) is 3.92. The van der Waals surface area contributed by atoms with Crippen molar-refractivity contribution in [1.82, 2.24) is 25.1 Å². The summed E-state index contributed by atoms with van der Waals surface area (Å²) in [5, 5.41) is 6.89. The van der Waals surface area contributed by atoms with Gasteiger partial charge >= 0.3 is 0 Å². The van der Waals surface area contributed by atoms with E-state index in [-0.39, 0.29) is 0 Å². The highest BCUT2D eigenvalue weighted by Gasteiger charge is 2.24. The molecule has 1 aromatic carbocycles. The lowest BCUT2D eigenvalue weighted by atomic mass is 10.2. The molecule has 0 aliphatic carbocycles. The number of imidazole rings is 1. The first-order valence-electron chi connectivity index (χ1n) is 11.0. The normalized spacial score (nSPS) is 17.6. The second-order valence-electron chi connectivity index (χ2n) is 7.77. The number of rotatable bonds is 10. The minimum absolute atomic E-state index is 0.537. The van der Waals surface area contributed by atoms with E-state index in [0.717, 1.165) is 57.3 Å². The number of guanidine groups is 1. The molecule has 0 saturated carbocycles. The van der Waals surface area contributed by atoms with Gasteiger partial charge in [-0.25, -0.2) is 4.98 Å². The zero-order chi connectivity index (χ0) is 20.3. The molecule has 2 heterocycles. The number of likely N-dealkylation sites (tertiary alicyclic amines) is 1. The Balaban J connectivity index is 1.42. The number of aliphatic imine (C=N–C) groups is 1. The van der Waals surface area contributed by atoms with Gasteiger partial charge in [-0.05, 0) is 51.6 Å². The molecule has 1 unspecified atom stereocenters. The highest BCUT2D eigenvalue weighted by atomic mass is 15.2. The molecule has 1 fully saturated rings.